The van der Waals surface area contributed by atoms with Crippen LogP contribution in [0.15, 0.2) is 30.3 Å². The molecule has 4 nitrogen and oxygen atoms in total. The van der Waals surface area contributed by atoms with E-state index in [1.807, 2.05) is 4.52 Å². The summed E-state index contributed by atoms with van der Waals surface area (Å²) in [4.78, 5) is 0. The second-order valence-corrected chi connectivity index (χ2v) is 4.92. The Balaban J connectivity index is 2.03. The molecule has 2 aromatic heterocycles. The molecular weight excluding hydrogens is 236 g/mol. The van der Waals surface area contributed by atoms with Crippen LogP contribution in [0.25, 0.3) is 16.9 Å². The Morgan fingerprint density at radius 3 is 2.84 bits per heavy atom. The van der Waals surface area contributed by atoms with Gasteiger partial charge in [-0.1, -0.05) is 31.2 Å². The first-order valence-electron chi connectivity index (χ1n) is 6.69. The normalized spacial score (nSPS) is 13.3. The lowest BCUT2D eigenvalue weighted by Gasteiger charge is -2.18. The van der Waals surface area contributed by atoms with Crippen molar-refractivity contribution in [1.29, 1.82) is 0 Å². The zero-order valence-corrected chi connectivity index (χ0v) is 10.8. The monoisotopic (exact) mass is 250 g/mol. The third-order valence-corrected chi connectivity index (χ3v) is 3.79. The number of hydrogen-bond donors (Lipinski definition) is 0. The first kappa shape index (κ1) is 10.7. The van der Waals surface area contributed by atoms with Crippen molar-refractivity contribution in [2.75, 3.05) is 0 Å². The highest BCUT2D eigenvalue weighted by molar-refractivity contribution is 5.70. The predicted octanol–water partition coefficient (Wildman–Crippen LogP) is 2.45. The van der Waals surface area contributed by atoms with Gasteiger partial charge in [0.1, 0.15) is 0 Å². The fourth-order valence-electron chi connectivity index (χ4n) is 2.79. The average Bonchev–Trinajstić information content (AvgIpc) is 2.87. The molecule has 0 N–H and O–H groups in total. The van der Waals surface area contributed by atoms with Gasteiger partial charge in [0, 0.05) is 12.0 Å². The van der Waals surface area contributed by atoms with Crippen molar-refractivity contribution >= 4 is 5.65 Å². The summed E-state index contributed by atoms with van der Waals surface area (Å²) >= 11 is 0. The Kier molecular flexibility index (Phi) is 2.18. The van der Waals surface area contributed by atoms with Crippen LogP contribution in [0.5, 0.6) is 0 Å². The van der Waals surface area contributed by atoms with Crippen LogP contribution in [0.4, 0.5) is 0 Å². The van der Waals surface area contributed by atoms with Gasteiger partial charge in [0.15, 0.2) is 11.5 Å². The molecule has 2 heterocycles. The molecule has 0 radical (unpaired) electrons. The van der Waals surface area contributed by atoms with E-state index >= 15 is 0 Å². The Hall–Kier alpha value is -2.23. The van der Waals surface area contributed by atoms with E-state index in [4.69, 9.17) is 5.10 Å². The van der Waals surface area contributed by atoms with E-state index in [9.17, 15) is 0 Å². The molecule has 19 heavy (non-hydrogen) atoms. The third kappa shape index (κ3) is 1.49. The van der Waals surface area contributed by atoms with Crippen LogP contribution in [-0.4, -0.2) is 19.8 Å². The van der Waals surface area contributed by atoms with Gasteiger partial charge >= 0.3 is 0 Å². The minimum Gasteiger partial charge on any atom is -0.197 e. The molecule has 0 fully saturated rings. The maximum absolute atomic E-state index is 4.78. The molecule has 4 heteroatoms. The minimum absolute atomic E-state index is 0.842. The summed E-state index contributed by atoms with van der Waals surface area (Å²) in [6.45, 7) is 2.07. The van der Waals surface area contributed by atoms with Gasteiger partial charge in [-0.15, -0.1) is 10.2 Å². The standard InChI is InChI=1S/C15H14N4/c1-2-13-16-17-14-9-11-8-7-10-5-3-4-6-12(10)15(11)18-19(13)14/h3-6,9H,2,7-8H2,1H3. The summed E-state index contributed by atoms with van der Waals surface area (Å²) < 4.78 is 1.88. The predicted molar refractivity (Wildman–Crippen MR) is 73.0 cm³/mol. The number of aryl methyl sites for hydroxylation is 3. The zero-order chi connectivity index (χ0) is 12.8. The van der Waals surface area contributed by atoms with Crippen molar-refractivity contribution in [3.63, 3.8) is 0 Å². The van der Waals surface area contributed by atoms with Crippen LogP contribution >= 0.6 is 0 Å². The molecule has 4 rings (SSSR count). The maximum Gasteiger partial charge on any atom is 0.178 e. The molecule has 1 aliphatic carbocycles. The van der Waals surface area contributed by atoms with E-state index < -0.39 is 0 Å². The summed E-state index contributed by atoms with van der Waals surface area (Å²) in [6.07, 6.45) is 2.95. The van der Waals surface area contributed by atoms with Crippen LogP contribution in [0.1, 0.15) is 23.9 Å². The van der Waals surface area contributed by atoms with Gasteiger partial charge < -0.3 is 0 Å². The largest absolute Gasteiger partial charge is 0.197 e. The van der Waals surface area contributed by atoms with Gasteiger partial charge in [-0.25, -0.2) is 0 Å². The highest BCUT2D eigenvalue weighted by Gasteiger charge is 2.19. The molecule has 1 aromatic carbocycles. The molecule has 1 aliphatic rings. The molecule has 0 unspecified atom stereocenters. The summed E-state index contributed by atoms with van der Waals surface area (Å²) in [6, 6.07) is 10.6. The highest BCUT2D eigenvalue weighted by atomic mass is 15.4. The van der Waals surface area contributed by atoms with E-state index in [1.165, 1.54) is 16.7 Å². The van der Waals surface area contributed by atoms with E-state index in [0.717, 1.165) is 36.4 Å². The smallest absolute Gasteiger partial charge is 0.178 e. The molecule has 0 bridgehead atoms. The summed E-state index contributed by atoms with van der Waals surface area (Å²) in [5.74, 6) is 0.917. The molecule has 3 aromatic rings. The fourth-order valence-corrected chi connectivity index (χ4v) is 2.79. The van der Waals surface area contributed by atoms with Gasteiger partial charge in [-0.3, -0.25) is 0 Å². The van der Waals surface area contributed by atoms with Gasteiger partial charge in [-0.2, -0.15) is 9.61 Å². The van der Waals surface area contributed by atoms with E-state index in [0.29, 0.717) is 0 Å². The summed E-state index contributed by atoms with van der Waals surface area (Å²) in [5, 5.41) is 13.2. The number of nitrogens with zero attached hydrogens (tertiary/aromatic N) is 4. The van der Waals surface area contributed by atoms with Crippen molar-refractivity contribution in [1.82, 2.24) is 19.8 Å². The van der Waals surface area contributed by atoms with Crippen molar-refractivity contribution in [3.05, 3.63) is 47.3 Å². The lowest BCUT2D eigenvalue weighted by Crippen LogP contribution is -2.09. The molecule has 0 saturated heterocycles. The van der Waals surface area contributed by atoms with Crippen molar-refractivity contribution in [2.24, 2.45) is 0 Å². The first-order valence-corrected chi connectivity index (χ1v) is 6.69. The lowest BCUT2D eigenvalue weighted by molar-refractivity contribution is 0.809. The Bertz CT molecular complexity index is 773. The van der Waals surface area contributed by atoms with Crippen molar-refractivity contribution in [3.8, 4) is 11.3 Å². The second kappa shape index (κ2) is 3.88. The number of fused-ring (bicyclic) bond motifs is 4. The lowest BCUT2D eigenvalue weighted by atomic mass is 9.89. The maximum atomic E-state index is 4.78. The molecule has 0 aliphatic heterocycles. The molecule has 94 valence electrons. The van der Waals surface area contributed by atoms with Crippen LogP contribution in [0.3, 0.4) is 0 Å². The fraction of sp³-hybridized carbons (Fsp3) is 0.267. The quantitative estimate of drug-likeness (QED) is 0.666. The van der Waals surface area contributed by atoms with E-state index in [1.54, 1.807) is 0 Å². The number of aromatic nitrogens is 4. The number of benzene rings is 1. The molecule has 0 amide bonds. The highest BCUT2D eigenvalue weighted by Crippen LogP contribution is 2.31. The first-order chi connectivity index (χ1) is 9.36. The van der Waals surface area contributed by atoms with E-state index in [-0.39, 0.29) is 0 Å². The van der Waals surface area contributed by atoms with E-state index in [2.05, 4.69) is 47.5 Å². The summed E-state index contributed by atoms with van der Waals surface area (Å²) in [7, 11) is 0. The topological polar surface area (TPSA) is 43.1 Å². The number of hydrogen-bond acceptors (Lipinski definition) is 3. The Morgan fingerprint density at radius 2 is 1.95 bits per heavy atom. The summed E-state index contributed by atoms with van der Waals surface area (Å²) in [5.41, 5.74) is 5.86. The van der Waals surface area contributed by atoms with Crippen molar-refractivity contribution < 1.29 is 0 Å². The zero-order valence-electron chi connectivity index (χ0n) is 10.8. The molecule has 0 spiro atoms. The van der Waals surface area contributed by atoms with Gasteiger partial charge in [-0.05, 0) is 30.0 Å². The molecule has 0 saturated carbocycles. The van der Waals surface area contributed by atoms with Crippen LogP contribution in [-0.2, 0) is 19.3 Å². The van der Waals surface area contributed by atoms with Gasteiger partial charge in [0.25, 0.3) is 0 Å². The minimum atomic E-state index is 0.842. The molecule has 0 atom stereocenters. The van der Waals surface area contributed by atoms with Crippen LogP contribution in [0.2, 0.25) is 0 Å². The van der Waals surface area contributed by atoms with Crippen molar-refractivity contribution in [2.45, 2.75) is 26.2 Å². The average molecular weight is 250 g/mol. The van der Waals surface area contributed by atoms with Gasteiger partial charge in [0.05, 0.1) is 5.69 Å². The Labute approximate surface area is 111 Å². The molecular formula is C15H14N4. The van der Waals surface area contributed by atoms with Crippen LogP contribution < -0.4 is 0 Å². The third-order valence-electron chi connectivity index (χ3n) is 3.79. The number of rotatable bonds is 1. The van der Waals surface area contributed by atoms with Crippen LogP contribution in [0, 0.1) is 0 Å². The SMILES string of the molecule is CCc1nnc2cc3c(nn12)-c1ccccc1CC3. The second-order valence-electron chi connectivity index (χ2n) is 4.92. The Morgan fingerprint density at radius 1 is 1.11 bits per heavy atom. The van der Waals surface area contributed by atoms with Gasteiger partial charge in [0.2, 0.25) is 0 Å².